The SMILES string of the molecule is CC(C(=O)N1CCC2CCCCC21)c1cccc(N)c1. The third-order valence-electron chi connectivity index (χ3n) is 5.07. The van der Waals surface area contributed by atoms with Crippen LogP contribution < -0.4 is 5.73 Å². The summed E-state index contributed by atoms with van der Waals surface area (Å²) < 4.78 is 0. The highest BCUT2D eigenvalue weighted by Gasteiger charge is 2.39. The van der Waals surface area contributed by atoms with Crippen LogP contribution in [0.5, 0.6) is 0 Å². The maximum Gasteiger partial charge on any atom is 0.230 e. The monoisotopic (exact) mass is 272 g/mol. The van der Waals surface area contributed by atoms with Gasteiger partial charge in [0.05, 0.1) is 5.92 Å². The van der Waals surface area contributed by atoms with E-state index in [0.717, 1.165) is 23.7 Å². The van der Waals surface area contributed by atoms with E-state index in [1.807, 2.05) is 31.2 Å². The minimum atomic E-state index is -0.0841. The van der Waals surface area contributed by atoms with Crippen LogP contribution in [0.4, 0.5) is 5.69 Å². The lowest BCUT2D eigenvalue weighted by atomic mass is 9.85. The topological polar surface area (TPSA) is 46.3 Å². The number of hydrogen-bond acceptors (Lipinski definition) is 2. The number of likely N-dealkylation sites (tertiary alicyclic amines) is 1. The third kappa shape index (κ3) is 2.41. The maximum atomic E-state index is 12.8. The molecular formula is C17H24N2O. The van der Waals surface area contributed by atoms with Crippen molar-refractivity contribution in [2.24, 2.45) is 5.92 Å². The third-order valence-corrected chi connectivity index (χ3v) is 5.07. The van der Waals surface area contributed by atoms with Crippen molar-refractivity contribution >= 4 is 11.6 Å². The van der Waals surface area contributed by atoms with E-state index in [2.05, 4.69) is 4.90 Å². The van der Waals surface area contributed by atoms with Crippen LogP contribution in [-0.4, -0.2) is 23.4 Å². The Bertz CT molecular complexity index is 500. The van der Waals surface area contributed by atoms with Gasteiger partial charge in [0.15, 0.2) is 0 Å². The van der Waals surface area contributed by atoms with Gasteiger partial charge in [-0.15, -0.1) is 0 Å². The van der Waals surface area contributed by atoms with Crippen molar-refractivity contribution in [2.75, 3.05) is 12.3 Å². The molecule has 2 fully saturated rings. The molecule has 0 aromatic heterocycles. The molecule has 1 saturated carbocycles. The van der Waals surface area contributed by atoms with E-state index in [1.165, 1.54) is 32.1 Å². The largest absolute Gasteiger partial charge is 0.399 e. The lowest BCUT2D eigenvalue weighted by Gasteiger charge is -2.33. The molecular weight excluding hydrogens is 248 g/mol. The highest BCUT2D eigenvalue weighted by Crippen LogP contribution is 2.37. The zero-order valence-electron chi connectivity index (χ0n) is 12.2. The summed E-state index contributed by atoms with van der Waals surface area (Å²) in [4.78, 5) is 14.9. The first kappa shape index (κ1) is 13.5. The molecule has 2 aliphatic rings. The van der Waals surface area contributed by atoms with Crippen molar-refractivity contribution in [3.05, 3.63) is 29.8 Å². The molecule has 1 amide bonds. The zero-order valence-corrected chi connectivity index (χ0v) is 12.2. The number of carbonyl (C=O) groups is 1. The summed E-state index contributed by atoms with van der Waals surface area (Å²) in [6.45, 7) is 2.95. The predicted molar refractivity (Wildman–Crippen MR) is 81.3 cm³/mol. The van der Waals surface area contributed by atoms with Crippen molar-refractivity contribution in [1.82, 2.24) is 4.90 Å². The molecule has 20 heavy (non-hydrogen) atoms. The van der Waals surface area contributed by atoms with Gasteiger partial charge in [0.2, 0.25) is 5.91 Å². The Balaban J connectivity index is 1.75. The van der Waals surface area contributed by atoms with Gasteiger partial charge in [-0.05, 0) is 49.8 Å². The van der Waals surface area contributed by atoms with Gasteiger partial charge >= 0.3 is 0 Å². The van der Waals surface area contributed by atoms with Gasteiger partial charge in [-0.2, -0.15) is 0 Å². The van der Waals surface area contributed by atoms with E-state index < -0.39 is 0 Å². The van der Waals surface area contributed by atoms with Crippen LogP contribution in [-0.2, 0) is 4.79 Å². The average Bonchev–Trinajstić information content (AvgIpc) is 2.89. The van der Waals surface area contributed by atoms with E-state index in [-0.39, 0.29) is 11.8 Å². The van der Waals surface area contributed by atoms with Gasteiger partial charge in [0.25, 0.3) is 0 Å². The number of anilines is 1. The summed E-state index contributed by atoms with van der Waals surface area (Å²) in [7, 11) is 0. The number of amides is 1. The summed E-state index contributed by atoms with van der Waals surface area (Å²) in [5, 5.41) is 0. The Morgan fingerprint density at radius 1 is 1.30 bits per heavy atom. The molecule has 3 heteroatoms. The Morgan fingerprint density at radius 3 is 2.90 bits per heavy atom. The van der Waals surface area contributed by atoms with E-state index in [4.69, 9.17) is 5.73 Å². The second-order valence-electron chi connectivity index (χ2n) is 6.32. The Labute approximate surface area is 121 Å². The summed E-state index contributed by atoms with van der Waals surface area (Å²) in [5.41, 5.74) is 7.60. The van der Waals surface area contributed by atoms with Gasteiger partial charge < -0.3 is 10.6 Å². The molecule has 0 radical (unpaired) electrons. The van der Waals surface area contributed by atoms with Crippen LogP contribution in [0.15, 0.2) is 24.3 Å². The molecule has 1 aromatic rings. The van der Waals surface area contributed by atoms with Gasteiger partial charge in [-0.3, -0.25) is 4.79 Å². The van der Waals surface area contributed by atoms with Gasteiger partial charge in [0.1, 0.15) is 0 Å². The lowest BCUT2D eigenvalue weighted by molar-refractivity contribution is -0.134. The van der Waals surface area contributed by atoms with E-state index in [1.54, 1.807) is 0 Å². The standard InChI is InChI=1S/C17H24N2O/c1-12(14-6-4-7-15(18)11-14)17(20)19-10-9-13-5-2-3-8-16(13)19/h4,6-7,11-13,16H,2-3,5,8-10,18H2,1H3. The van der Waals surface area contributed by atoms with Gasteiger partial charge in [-0.25, -0.2) is 0 Å². The number of carbonyl (C=O) groups excluding carboxylic acids is 1. The summed E-state index contributed by atoms with van der Waals surface area (Å²) in [5.74, 6) is 0.949. The quantitative estimate of drug-likeness (QED) is 0.841. The van der Waals surface area contributed by atoms with Crippen LogP contribution in [0.25, 0.3) is 0 Å². The molecule has 2 N–H and O–H groups in total. The molecule has 3 atom stereocenters. The van der Waals surface area contributed by atoms with Crippen LogP contribution >= 0.6 is 0 Å². The van der Waals surface area contributed by atoms with E-state index >= 15 is 0 Å². The van der Waals surface area contributed by atoms with E-state index in [0.29, 0.717) is 6.04 Å². The van der Waals surface area contributed by atoms with Crippen molar-refractivity contribution in [2.45, 2.75) is 51.0 Å². The molecule has 1 aromatic carbocycles. The molecule has 3 nitrogen and oxygen atoms in total. The first-order valence-electron chi connectivity index (χ1n) is 7.82. The number of hydrogen-bond donors (Lipinski definition) is 1. The number of benzene rings is 1. The number of nitrogens with zero attached hydrogens (tertiary/aromatic N) is 1. The minimum Gasteiger partial charge on any atom is -0.399 e. The molecule has 1 heterocycles. The first-order valence-corrected chi connectivity index (χ1v) is 7.82. The minimum absolute atomic E-state index is 0.0841. The van der Waals surface area contributed by atoms with Gasteiger partial charge in [-0.1, -0.05) is 25.0 Å². The van der Waals surface area contributed by atoms with Crippen LogP contribution in [0.1, 0.15) is 50.5 Å². The van der Waals surface area contributed by atoms with Crippen LogP contribution in [0, 0.1) is 5.92 Å². The maximum absolute atomic E-state index is 12.8. The first-order chi connectivity index (χ1) is 9.66. The summed E-state index contributed by atoms with van der Waals surface area (Å²) in [6, 6.07) is 8.24. The van der Waals surface area contributed by atoms with Crippen molar-refractivity contribution in [3.8, 4) is 0 Å². The molecule has 3 unspecified atom stereocenters. The molecule has 0 bridgehead atoms. The van der Waals surface area contributed by atoms with Crippen molar-refractivity contribution < 1.29 is 4.79 Å². The highest BCUT2D eigenvalue weighted by atomic mass is 16.2. The number of fused-ring (bicyclic) bond motifs is 1. The number of rotatable bonds is 2. The number of nitrogen functional groups attached to an aromatic ring is 1. The molecule has 3 rings (SSSR count). The Hall–Kier alpha value is -1.51. The average molecular weight is 272 g/mol. The second kappa shape index (κ2) is 5.47. The smallest absolute Gasteiger partial charge is 0.230 e. The van der Waals surface area contributed by atoms with Crippen molar-refractivity contribution in [1.29, 1.82) is 0 Å². The predicted octanol–water partition coefficient (Wildman–Crippen LogP) is 3.16. The molecule has 0 spiro atoms. The van der Waals surface area contributed by atoms with E-state index in [9.17, 15) is 4.79 Å². The molecule has 1 saturated heterocycles. The second-order valence-corrected chi connectivity index (χ2v) is 6.32. The number of nitrogens with two attached hydrogens (primary N) is 1. The fourth-order valence-electron chi connectivity index (χ4n) is 3.90. The Kier molecular flexibility index (Phi) is 3.68. The lowest BCUT2D eigenvalue weighted by Crippen LogP contribution is -2.41. The normalized spacial score (nSPS) is 27.1. The van der Waals surface area contributed by atoms with Crippen molar-refractivity contribution in [3.63, 3.8) is 0 Å². The van der Waals surface area contributed by atoms with Crippen LogP contribution in [0.3, 0.4) is 0 Å². The zero-order chi connectivity index (χ0) is 14.1. The Morgan fingerprint density at radius 2 is 2.10 bits per heavy atom. The molecule has 1 aliphatic carbocycles. The fourth-order valence-corrected chi connectivity index (χ4v) is 3.90. The molecule has 108 valence electrons. The summed E-state index contributed by atoms with van der Waals surface area (Å²) >= 11 is 0. The summed E-state index contributed by atoms with van der Waals surface area (Å²) in [6.07, 6.45) is 6.31. The highest BCUT2D eigenvalue weighted by molar-refractivity contribution is 5.84. The fraction of sp³-hybridized carbons (Fsp3) is 0.588. The van der Waals surface area contributed by atoms with Crippen LogP contribution in [0.2, 0.25) is 0 Å². The molecule has 1 aliphatic heterocycles. The van der Waals surface area contributed by atoms with Gasteiger partial charge in [0, 0.05) is 18.3 Å².